The smallest absolute Gasteiger partial charge is 0.161 e. The molecule has 2 heterocycles. The monoisotopic (exact) mass is 262 g/mol. The highest BCUT2D eigenvalue weighted by Gasteiger charge is 2.17. The molecule has 19 heavy (non-hydrogen) atoms. The molecule has 0 saturated carbocycles. The minimum atomic E-state index is 0.328. The number of hydrogen-bond acceptors (Lipinski definition) is 4. The second-order valence-corrected chi connectivity index (χ2v) is 5.47. The van der Waals surface area contributed by atoms with Crippen LogP contribution in [-0.2, 0) is 6.54 Å². The van der Waals surface area contributed by atoms with Gasteiger partial charge in [-0.25, -0.2) is 0 Å². The molecule has 4 nitrogen and oxygen atoms in total. The summed E-state index contributed by atoms with van der Waals surface area (Å²) in [5.41, 5.74) is 7.30. The molecule has 1 unspecified atom stereocenters. The first-order chi connectivity index (χ1) is 9.31. The number of ether oxygens (including phenoxy) is 2. The van der Waals surface area contributed by atoms with Crippen LogP contribution in [0.1, 0.15) is 24.8 Å². The lowest BCUT2D eigenvalue weighted by molar-refractivity contribution is 0.201. The standard InChI is InChI=1S/C15H22N2O2/c16-13-3-1-6-17(11-13)10-12-4-5-14-15(9-12)19-8-2-7-18-14/h4-5,9,13H,1-3,6-8,10-11,16H2. The lowest BCUT2D eigenvalue weighted by Crippen LogP contribution is -2.42. The van der Waals surface area contributed by atoms with Crippen molar-refractivity contribution in [1.82, 2.24) is 4.90 Å². The number of benzene rings is 1. The predicted octanol–water partition coefficient (Wildman–Crippen LogP) is 1.77. The molecule has 2 aliphatic rings. The van der Waals surface area contributed by atoms with Crippen molar-refractivity contribution in [1.29, 1.82) is 0 Å². The van der Waals surface area contributed by atoms with Gasteiger partial charge < -0.3 is 15.2 Å². The van der Waals surface area contributed by atoms with E-state index in [1.54, 1.807) is 0 Å². The molecule has 3 rings (SSSR count). The molecule has 0 aromatic heterocycles. The zero-order chi connectivity index (χ0) is 13.1. The number of rotatable bonds is 2. The number of likely N-dealkylation sites (tertiary alicyclic amines) is 1. The molecule has 0 spiro atoms. The van der Waals surface area contributed by atoms with Crippen molar-refractivity contribution in [3.63, 3.8) is 0 Å². The van der Waals surface area contributed by atoms with Crippen LogP contribution in [0.2, 0.25) is 0 Å². The normalized spacial score (nSPS) is 23.9. The van der Waals surface area contributed by atoms with Crippen LogP contribution in [-0.4, -0.2) is 37.2 Å². The van der Waals surface area contributed by atoms with Gasteiger partial charge in [0.1, 0.15) is 0 Å². The van der Waals surface area contributed by atoms with E-state index in [2.05, 4.69) is 17.0 Å². The van der Waals surface area contributed by atoms with E-state index in [4.69, 9.17) is 15.2 Å². The molecule has 0 aliphatic carbocycles. The molecule has 104 valence electrons. The van der Waals surface area contributed by atoms with Crippen LogP contribution in [0.4, 0.5) is 0 Å². The first-order valence-corrected chi connectivity index (χ1v) is 7.18. The fourth-order valence-corrected chi connectivity index (χ4v) is 2.80. The Morgan fingerprint density at radius 2 is 2.00 bits per heavy atom. The van der Waals surface area contributed by atoms with Crippen LogP contribution in [0.3, 0.4) is 0 Å². The largest absolute Gasteiger partial charge is 0.490 e. The van der Waals surface area contributed by atoms with Gasteiger partial charge >= 0.3 is 0 Å². The summed E-state index contributed by atoms with van der Waals surface area (Å²) in [4.78, 5) is 2.42. The summed E-state index contributed by atoms with van der Waals surface area (Å²) in [7, 11) is 0. The molecule has 1 aromatic carbocycles. The van der Waals surface area contributed by atoms with E-state index in [0.29, 0.717) is 6.04 Å². The van der Waals surface area contributed by atoms with E-state index in [9.17, 15) is 0 Å². The quantitative estimate of drug-likeness (QED) is 0.882. The molecule has 0 amide bonds. The topological polar surface area (TPSA) is 47.7 Å². The van der Waals surface area contributed by atoms with E-state index >= 15 is 0 Å². The van der Waals surface area contributed by atoms with Crippen LogP contribution in [0, 0.1) is 0 Å². The van der Waals surface area contributed by atoms with Gasteiger partial charge in [-0.2, -0.15) is 0 Å². The Morgan fingerprint density at radius 1 is 1.16 bits per heavy atom. The van der Waals surface area contributed by atoms with Gasteiger partial charge in [0.05, 0.1) is 13.2 Å². The lowest BCUT2D eigenvalue weighted by Gasteiger charge is -2.30. The Kier molecular flexibility index (Phi) is 3.89. The minimum absolute atomic E-state index is 0.328. The third kappa shape index (κ3) is 3.19. The van der Waals surface area contributed by atoms with Crippen molar-refractivity contribution >= 4 is 0 Å². The Labute approximate surface area is 114 Å². The van der Waals surface area contributed by atoms with Crippen LogP contribution >= 0.6 is 0 Å². The average molecular weight is 262 g/mol. The molecule has 2 aliphatic heterocycles. The van der Waals surface area contributed by atoms with Crippen molar-refractivity contribution in [3.8, 4) is 11.5 Å². The van der Waals surface area contributed by atoms with Gasteiger partial charge in [-0.15, -0.1) is 0 Å². The van der Waals surface area contributed by atoms with Gasteiger partial charge in [-0.3, -0.25) is 4.90 Å². The summed E-state index contributed by atoms with van der Waals surface area (Å²) in [6, 6.07) is 6.60. The molecule has 1 atom stereocenters. The van der Waals surface area contributed by atoms with E-state index in [1.165, 1.54) is 12.0 Å². The zero-order valence-corrected chi connectivity index (χ0v) is 11.3. The third-order valence-corrected chi connectivity index (χ3v) is 3.76. The summed E-state index contributed by atoms with van der Waals surface area (Å²) in [5, 5.41) is 0. The van der Waals surface area contributed by atoms with Crippen LogP contribution in [0.5, 0.6) is 11.5 Å². The predicted molar refractivity (Wildman–Crippen MR) is 74.5 cm³/mol. The Balaban J connectivity index is 1.69. The first kappa shape index (κ1) is 12.8. The maximum Gasteiger partial charge on any atom is 0.161 e. The number of fused-ring (bicyclic) bond motifs is 1. The second-order valence-electron chi connectivity index (χ2n) is 5.47. The van der Waals surface area contributed by atoms with Crippen molar-refractivity contribution in [2.75, 3.05) is 26.3 Å². The molecule has 2 N–H and O–H groups in total. The van der Waals surface area contributed by atoms with Crippen molar-refractivity contribution < 1.29 is 9.47 Å². The molecule has 4 heteroatoms. The molecule has 1 saturated heterocycles. The maximum atomic E-state index is 6.02. The van der Waals surface area contributed by atoms with Gasteiger partial charge in [-0.1, -0.05) is 6.07 Å². The van der Waals surface area contributed by atoms with Gasteiger partial charge in [0.2, 0.25) is 0 Å². The molecule has 0 bridgehead atoms. The highest BCUT2D eigenvalue weighted by molar-refractivity contribution is 5.43. The third-order valence-electron chi connectivity index (χ3n) is 3.76. The van der Waals surface area contributed by atoms with Crippen molar-refractivity contribution in [2.45, 2.75) is 31.8 Å². The molecular formula is C15H22N2O2. The fraction of sp³-hybridized carbons (Fsp3) is 0.600. The molecule has 1 fully saturated rings. The minimum Gasteiger partial charge on any atom is -0.490 e. The molecular weight excluding hydrogens is 240 g/mol. The van der Waals surface area contributed by atoms with E-state index in [0.717, 1.165) is 57.2 Å². The molecule has 1 aromatic rings. The number of nitrogens with zero attached hydrogens (tertiary/aromatic N) is 1. The summed E-state index contributed by atoms with van der Waals surface area (Å²) < 4.78 is 11.4. The Morgan fingerprint density at radius 3 is 2.84 bits per heavy atom. The summed E-state index contributed by atoms with van der Waals surface area (Å²) in [6.07, 6.45) is 3.30. The van der Waals surface area contributed by atoms with Crippen LogP contribution < -0.4 is 15.2 Å². The van der Waals surface area contributed by atoms with Gasteiger partial charge in [-0.05, 0) is 37.1 Å². The van der Waals surface area contributed by atoms with Crippen molar-refractivity contribution in [3.05, 3.63) is 23.8 Å². The number of hydrogen-bond donors (Lipinski definition) is 1. The average Bonchev–Trinajstić information content (AvgIpc) is 2.63. The second kappa shape index (κ2) is 5.80. The van der Waals surface area contributed by atoms with Gasteiger partial charge in [0.25, 0.3) is 0 Å². The number of nitrogens with two attached hydrogens (primary N) is 1. The number of piperidine rings is 1. The van der Waals surface area contributed by atoms with E-state index in [-0.39, 0.29) is 0 Å². The van der Waals surface area contributed by atoms with Crippen LogP contribution in [0.25, 0.3) is 0 Å². The lowest BCUT2D eigenvalue weighted by atomic mass is 10.1. The maximum absolute atomic E-state index is 6.02. The highest BCUT2D eigenvalue weighted by Crippen LogP contribution is 2.31. The van der Waals surface area contributed by atoms with Gasteiger partial charge in [0, 0.05) is 25.6 Å². The zero-order valence-electron chi connectivity index (χ0n) is 11.3. The van der Waals surface area contributed by atoms with E-state index in [1.807, 2.05) is 6.07 Å². The van der Waals surface area contributed by atoms with Gasteiger partial charge in [0.15, 0.2) is 11.5 Å². The Hall–Kier alpha value is -1.26. The fourth-order valence-electron chi connectivity index (χ4n) is 2.80. The first-order valence-electron chi connectivity index (χ1n) is 7.18. The Bertz CT molecular complexity index is 436. The summed E-state index contributed by atoms with van der Waals surface area (Å²) in [5.74, 6) is 1.76. The van der Waals surface area contributed by atoms with Crippen molar-refractivity contribution in [2.24, 2.45) is 5.73 Å². The highest BCUT2D eigenvalue weighted by atomic mass is 16.5. The SMILES string of the molecule is NC1CCCN(Cc2ccc3c(c2)OCCCO3)C1. The van der Waals surface area contributed by atoms with Crippen LogP contribution in [0.15, 0.2) is 18.2 Å². The van der Waals surface area contributed by atoms with E-state index < -0.39 is 0 Å². The summed E-state index contributed by atoms with van der Waals surface area (Å²) >= 11 is 0. The summed E-state index contributed by atoms with van der Waals surface area (Å²) in [6.45, 7) is 4.57. The molecule has 0 radical (unpaired) electrons.